The van der Waals surface area contributed by atoms with Gasteiger partial charge < -0.3 is 14.2 Å². The summed E-state index contributed by atoms with van der Waals surface area (Å²) in [5.41, 5.74) is 1.60. The van der Waals surface area contributed by atoms with E-state index in [-0.39, 0.29) is 17.9 Å². The molecule has 1 fully saturated rings. The van der Waals surface area contributed by atoms with E-state index in [1.165, 1.54) is 0 Å². The topological polar surface area (TPSA) is 68.5 Å². The first kappa shape index (κ1) is 15.9. The van der Waals surface area contributed by atoms with Gasteiger partial charge >= 0.3 is 0 Å². The Labute approximate surface area is 146 Å². The number of ether oxygens (including phenoxy) is 1. The number of likely N-dealkylation sites (tertiary alicyclic amines) is 1. The number of amides is 1. The molecule has 0 radical (unpaired) electrons. The number of benzene rings is 1. The van der Waals surface area contributed by atoms with E-state index in [2.05, 4.69) is 10.1 Å². The molecule has 1 amide bonds. The molecule has 25 heavy (non-hydrogen) atoms. The summed E-state index contributed by atoms with van der Waals surface area (Å²) in [7, 11) is 0. The summed E-state index contributed by atoms with van der Waals surface area (Å²) in [6, 6.07) is 7.62. The van der Waals surface area contributed by atoms with E-state index >= 15 is 0 Å². The molecule has 1 saturated heterocycles. The lowest BCUT2D eigenvalue weighted by Gasteiger charge is -2.25. The Hall–Kier alpha value is -2.63. The van der Waals surface area contributed by atoms with Crippen molar-refractivity contribution in [3.8, 4) is 5.75 Å². The van der Waals surface area contributed by atoms with Crippen molar-refractivity contribution < 1.29 is 14.1 Å². The van der Waals surface area contributed by atoms with E-state index in [4.69, 9.17) is 9.26 Å². The Morgan fingerprint density at radius 3 is 2.96 bits per heavy atom. The molecule has 2 aromatic rings. The Kier molecular flexibility index (Phi) is 4.03. The van der Waals surface area contributed by atoms with E-state index < -0.39 is 0 Å². The fourth-order valence-corrected chi connectivity index (χ4v) is 3.32. The zero-order valence-corrected chi connectivity index (χ0v) is 14.4. The molecule has 2 aliphatic rings. The Bertz CT molecular complexity index is 825. The summed E-state index contributed by atoms with van der Waals surface area (Å²) in [4.78, 5) is 19.4. The van der Waals surface area contributed by atoms with Crippen LogP contribution in [-0.4, -0.2) is 34.1 Å². The van der Waals surface area contributed by atoms with E-state index in [1.54, 1.807) is 0 Å². The summed E-state index contributed by atoms with van der Waals surface area (Å²) in [5, 5.41) is 4.10. The molecule has 0 N–H and O–H groups in total. The van der Waals surface area contributed by atoms with Crippen LogP contribution in [0.3, 0.4) is 0 Å². The van der Waals surface area contributed by atoms with E-state index in [9.17, 15) is 4.79 Å². The standard InChI is InChI=1S/C19H21N3O3/c1-12(2)18-20-17(21-25-18)15-7-5-9-22(15)19(23)14-10-13-6-3-4-8-16(13)24-11-14/h3-4,6,8,10,12,15H,5,7,9,11H2,1-2H3/t15-/m1/s1. The number of carbonyl (C=O) groups is 1. The molecule has 1 atom stereocenters. The monoisotopic (exact) mass is 339 g/mol. The van der Waals surface area contributed by atoms with Gasteiger partial charge in [0.1, 0.15) is 12.4 Å². The average Bonchev–Trinajstić information content (AvgIpc) is 3.29. The van der Waals surface area contributed by atoms with Gasteiger partial charge in [0.05, 0.1) is 11.6 Å². The fourth-order valence-electron chi connectivity index (χ4n) is 3.32. The van der Waals surface area contributed by atoms with Gasteiger partial charge in [0.25, 0.3) is 5.91 Å². The van der Waals surface area contributed by atoms with E-state index in [0.29, 0.717) is 30.4 Å². The molecule has 3 heterocycles. The highest BCUT2D eigenvalue weighted by atomic mass is 16.5. The quantitative estimate of drug-likeness (QED) is 0.858. The van der Waals surface area contributed by atoms with Gasteiger partial charge in [0.2, 0.25) is 5.89 Å². The maximum absolute atomic E-state index is 13.0. The molecular weight excluding hydrogens is 318 g/mol. The minimum atomic E-state index is -0.123. The van der Waals surface area contributed by atoms with Crippen molar-refractivity contribution in [2.45, 2.75) is 38.6 Å². The smallest absolute Gasteiger partial charge is 0.253 e. The molecule has 1 aromatic carbocycles. The lowest BCUT2D eigenvalue weighted by Crippen LogP contribution is -2.34. The SMILES string of the molecule is CC(C)c1nc([C@H]2CCCN2C(=O)C2=Cc3ccccc3OC2)no1. The minimum absolute atomic E-state index is 0.00657. The lowest BCUT2D eigenvalue weighted by molar-refractivity contribution is -0.128. The summed E-state index contributed by atoms with van der Waals surface area (Å²) in [6.07, 6.45) is 3.71. The molecule has 4 rings (SSSR count). The van der Waals surface area contributed by atoms with Crippen LogP contribution in [0.4, 0.5) is 0 Å². The normalized spacial score (nSPS) is 19.6. The van der Waals surface area contributed by atoms with Crippen LogP contribution in [0.15, 0.2) is 34.4 Å². The van der Waals surface area contributed by atoms with Crippen LogP contribution >= 0.6 is 0 Å². The fraction of sp³-hybridized carbons (Fsp3) is 0.421. The summed E-state index contributed by atoms with van der Waals surface area (Å²) in [5.74, 6) is 2.21. The van der Waals surface area contributed by atoms with Gasteiger partial charge in [-0.1, -0.05) is 37.2 Å². The van der Waals surface area contributed by atoms with Crippen LogP contribution in [0.1, 0.15) is 55.9 Å². The Morgan fingerprint density at radius 1 is 1.32 bits per heavy atom. The van der Waals surface area contributed by atoms with Crippen molar-refractivity contribution >= 4 is 12.0 Å². The first-order chi connectivity index (χ1) is 12.1. The summed E-state index contributed by atoms with van der Waals surface area (Å²) in [6.45, 7) is 5.02. The predicted molar refractivity (Wildman–Crippen MR) is 92.0 cm³/mol. The number of hydrogen-bond acceptors (Lipinski definition) is 5. The molecular formula is C19H21N3O3. The maximum Gasteiger partial charge on any atom is 0.253 e. The third-order valence-corrected chi connectivity index (χ3v) is 4.67. The molecule has 6 nitrogen and oxygen atoms in total. The molecule has 0 unspecified atom stereocenters. The number of carbonyl (C=O) groups excluding carboxylic acids is 1. The second-order valence-corrected chi connectivity index (χ2v) is 6.80. The number of nitrogens with zero attached hydrogens (tertiary/aromatic N) is 3. The Morgan fingerprint density at radius 2 is 2.16 bits per heavy atom. The van der Waals surface area contributed by atoms with Crippen molar-refractivity contribution in [3.63, 3.8) is 0 Å². The third kappa shape index (κ3) is 2.92. The third-order valence-electron chi connectivity index (χ3n) is 4.67. The van der Waals surface area contributed by atoms with Crippen molar-refractivity contribution in [2.75, 3.05) is 13.2 Å². The highest BCUT2D eigenvalue weighted by Crippen LogP contribution is 2.34. The largest absolute Gasteiger partial charge is 0.488 e. The van der Waals surface area contributed by atoms with Gasteiger partial charge in [-0.2, -0.15) is 4.98 Å². The highest BCUT2D eigenvalue weighted by molar-refractivity contribution is 5.99. The van der Waals surface area contributed by atoms with Gasteiger partial charge in [-0.05, 0) is 25.0 Å². The molecule has 1 aromatic heterocycles. The van der Waals surface area contributed by atoms with Crippen molar-refractivity contribution in [2.24, 2.45) is 0 Å². The lowest BCUT2D eigenvalue weighted by atomic mass is 10.1. The zero-order chi connectivity index (χ0) is 17.4. The number of aromatic nitrogens is 2. The van der Waals surface area contributed by atoms with Crippen LogP contribution in [0.5, 0.6) is 5.75 Å². The molecule has 0 aliphatic carbocycles. The predicted octanol–water partition coefficient (Wildman–Crippen LogP) is 3.33. The molecule has 0 bridgehead atoms. The second kappa shape index (κ2) is 6.35. The maximum atomic E-state index is 13.0. The second-order valence-electron chi connectivity index (χ2n) is 6.80. The molecule has 130 valence electrons. The summed E-state index contributed by atoms with van der Waals surface area (Å²) >= 11 is 0. The number of rotatable bonds is 3. The Balaban J connectivity index is 1.58. The van der Waals surface area contributed by atoms with E-state index in [1.807, 2.05) is 49.1 Å². The van der Waals surface area contributed by atoms with E-state index in [0.717, 1.165) is 24.2 Å². The van der Waals surface area contributed by atoms with Gasteiger partial charge in [-0.25, -0.2) is 0 Å². The zero-order valence-electron chi connectivity index (χ0n) is 14.4. The summed E-state index contributed by atoms with van der Waals surface area (Å²) < 4.78 is 11.0. The van der Waals surface area contributed by atoms with Crippen LogP contribution in [0, 0.1) is 0 Å². The van der Waals surface area contributed by atoms with Crippen LogP contribution < -0.4 is 4.74 Å². The van der Waals surface area contributed by atoms with Gasteiger partial charge in [0.15, 0.2) is 5.82 Å². The van der Waals surface area contributed by atoms with Gasteiger partial charge in [0, 0.05) is 18.0 Å². The van der Waals surface area contributed by atoms with Gasteiger partial charge in [-0.15, -0.1) is 0 Å². The number of fused-ring (bicyclic) bond motifs is 1. The number of hydrogen-bond donors (Lipinski definition) is 0. The first-order valence-electron chi connectivity index (χ1n) is 8.70. The molecule has 2 aliphatic heterocycles. The van der Waals surface area contributed by atoms with Crippen LogP contribution in [-0.2, 0) is 4.79 Å². The molecule has 0 saturated carbocycles. The average molecular weight is 339 g/mol. The van der Waals surface area contributed by atoms with Crippen molar-refractivity contribution in [3.05, 3.63) is 47.1 Å². The molecule has 0 spiro atoms. The van der Waals surface area contributed by atoms with Crippen molar-refractivity contribution in [1.29, 1.82) is 0 Å². The number of para-hydroxylation sites is 1. The van der Waals surface area contributed by atoms with Gasteiger partial charge in [-0.3, -0.25) is 4.79 Å². The highest BCUT2D eigenvalue weighted by Gasteiger charge is 2.35. The van der Waals surface area contributed by atoms with Crippen LogP contribution in [0.25, 0.3) is 6.08 Å². The first-order valence-corrected chi connectivity index (χ1v) is 8.70. The molecule has 6 heteroatoms. The van der Waals surface area contributed by atoms with Crippen molar-refractivity contribution in [1.82, 2.24) is 15.0 Å². The minimum Gasteiger partial charge on any atom is -0.488 e. The van der Waals surface area contributed by atoms with Crippen LogP contribution in [0.2, 0.25) is 0 Å².